The molecule has 0 radical (unpaired) electrons. The van der Waals surface area contributed by atoms with Crippen LogP contribution in [0.3, 0.4) is 0 Å². The molecule has 0 unspecified atom stereocenters. The van der Waals surface area contributed by atoms with Crippen molar-refractivity contribution < 1.29 is 23.2 Å². The van der Waals surface area contributed by atoms with Gasteiger partial charge in [-0.05, 0) is 57.6 Å². The third-order valence-electron chi connectivity index (χ3n) is 9.37. The molecule has 0 spiro atoms. The van der Waals surface area contributed by atoms with Gasteiger partial charge in [-0.2, -0.15) is 0 Å². The molecule has 0 bridgehead atoms. The zero-order chi connectivity index (χ0) is 30.8. The summed E-state index contributed by atoms with van der Waals surface area (Å²) in [5.74, 6) is 0.670. The fourth-order valence-corrected chi connectivity index (χ4v) is 8.87. The Labute approximate surface area is 261 Å². The van der Waals surface area contributed by atoms with Gasteiger partial charge < -0.3 is 9.05 Å². The Morgan fingerprint density at radius 1 is 0.578 bits per heavy atom. The molecule has 6 aromatic carbocycles. The van der Waals surface area contributed by atoms with Gasteiger partial charge in [0, 0.05) is 22.3 Å². The van der Waals surface area contributed by atoms with Crippen molar-refractivity contribution in [3.8, 4) is 22.6 Å². The molecule has 0 saturated heterocycles. The molecule has 0 saturated carbocycles. The number of ketones is 2. The molecule has 0 N–H and O–H groups in total. The normalized spacial score (nSPS) is 15.9. The summed E-state index contributed by atoms with van der Waals surface area (Å²) in [7, 11) is -3.86. The molecule has 1 heterocycles. The smallest absolute Gasteiger partial charge is 0.415 e. The van der Waals surface area contributed by atoms with Gasteiger partial charge in [-0.3, -0.25) is 9.59 Å². The van der Waals surface area contributed by atoms with Crippen molar-refractivity contribution in [2.24, 2.45) is 5.41 Å². The molecule has 2 aliphatic rings. The molecule has 5 nitrogen and oxygen atoms in total. The molecule has 45 heavy (non-hydrogen) atoms. The Morgan fingerprint density at radius 2 is 1.04 bits per heavy atom. The molecular weight excluding hydrogens is 579 g/mol. The van der Waals surface area contributed by atoms with Crippen LogP contribution in [0.5, 0.6) is 11.5 Å². The standard InChI is InChI=1S/C39H29O5P/c1-2-39(37(40)31-17-9-10-18-32(31)38(39)41)23-27-13-3-4-14-28(27)24-45(42)43-33-21-19-25-11-5-7-15-29(25)35(33)36-30-16-8-6-12-26(30)20-22-34(36)44-45/h3-22H,2,23-24H2,1H3. The summed E-state index contributed by atoms with van der Waals surface area (Å²) in [5, 5.41) is 4.04. The predicted molar refractivity (Wildman–Crippen MR) is 177 cm³/mol. The van der Waals surface area contributed by atoms with E-state index in [2.05, 4.69) is 12.1 Å². The third-order valence-corrected chi connectivity index (χ3v) is 11.0. The second kappa shape index (κ2) is 10.3. The van der Waals surface area contributed by atoms with Gasteiger partial charge in [-0.15, -0.1) is 0 Å². The van der Waals surface area contributed by atoms with E-state index in [9.17, 15) is 14.2 Å². The molecule has 0 fully saturated rings. The van der Waals surface area contributed by atoms with Gasteiger partial charge in [0.05, 0.1) is 6.16 Å². The quantitative estimate of drug-likeness (QED) is 0.144. The van der Waals surface area contributed by atoms with Crippen LogP contribution in [-0.2, 0) is 17.1 Å². The van der Waals surface area contributed by atoms with Crippen LogP contribution in [0.15, 0.2) is 121 Å². The van der Waals surface area contributed by atoms with Gasteiger partial charge in [0.2, 0.25) is 0 Å². The second-order valence-corrected chi connectivity index (χ2v) is 13.8. The third kappa shape index (κ3) is 4.26. The predicted octanol–water partition coefficient (Wildman–Crippen LogP) is 9.84. The largest absolute Gasteiger partial charge is 0.435 e. The van der Waals surface area contributed by atoms with Gasteiger partial charge in [0.25, 0.3) is 0 Å². The van der Waals surface area contributed by atoms with Crippen molar-refractivity contribution in [1.82, 2.24) is 0 Å². The van der Waals surface area contributed by atoms with Gasteiger partial charge in [0.15, 0.2) is 11.6 Å². The molecule has 6 heteroatoms. The fraction of sp³-hybridized carbons (Fsp3) is 0.128. The molecule has 1 aliphatic heterocycles. The van der Waals surface area contributed by atoms with Crippen LogP contribution in [0.25, 0.3) is 32.7 Å². The first kappa shape index (κ1) is 27.6. The Bertz CT molecular complexity index is 2120. The molecule has 0 amide bonds. The lowest BCUT2D eigenvalue weighted by atomic mass is 9.74. The van der Waals surface area contributed by atoms with E-state index in [0.29, 0.717) is 29.0 Å². The van der Waals surface area contributed by atoms with Crippen LogP contribution in [-0.4, -0.2) is 11.6 Å². The van der Waals surface area contributed by atoms with E-state index in [1.807, 2.05) is 91.9 Å². The van der Waals surface area contributed by atoms with Gasteiger partial charge in [-0.25, -0.2) is 4.57 Å². The van der Waals surface area contributed by atoms with E-state index in [1.165, 1.54) is 0 Å². The van der Waals surface area contributed by atoms with Crippen molar-refractivity contribution >= 4 is 40.7 Å². The summed E-state index contributed by atoms with van der Waals surface area (Å²) >= 11 is 0. The highest BCUT2D eigenvalue weighted by Gasteiger charge is 2.51. The first-order chi connectivity index (χ1) is 21.9. The molecule has 6 aromatic rings. The van der Waals surface area contributed by atoms with Crippen molar-refractivity contribution in [2.45, 2.75) is 25.9 Å². The SMILES string of the molecule is CCC1(Cc2ccccc2CP2(=O)Oc3ccc4ccccc4c3-c3c(ccc4ccccc34)O2)C(=O)c2ccccc2C1=O. The minimum absolute atomic E-state index is 0.0309. The zero-order valence-electron chi connectivity index (χ0n) is 24.7. The van der Waals surface area contributed by atoms with Gasteiger partial charge >= 0.3 is 7.60 Å². The summed E-state index contributed by atoms with van der Waals surface area (Å²) in [5.41, 5.74) is 2.91. The monoisotopic (exact) mass is 608 g/mol. The average molecular weight is 609 g/mol. The van der Waals surface area contributed by atoms with Crippen molar-refractivity contribution in [3.05, 3.63) is 144 Å². The van der Waals surface area contributed by atoms with E-state index >= 15 is 0 Å². The molecule has 0 atom stereocenters. The van der Waals surface area contributed by atoms with E-state index in [1.54, 1.807) is 24.3 Å². The number of hydrogen-bond donors (Lipinski definition) is 0. The van der Waals surface area contributed by atoms with Crippen LogP contribution >= 0.6 is 7.60 Å². The summed E-state index contributed by atoms with van der Waals surface area (Å²) < 4.78 is 27.8. The highest BCUT2D eigenvalue weighted by molar-refractivity contribution is 7.53. The highest BCUT2D eigenvalue weighted by Crippen LogP contribution is 2.60. The Morgan fingerprint density at radius 3 is 1.58 bits per heavy atom. The summed E-state index contributed by atoms with van der Waals surface area (Å²) in [6.07, 6.45) is 0.532. The van der Waals surface area contributed by atoms with Crippen LogP contribution < -0.4 is 9.05 Å². The maximum atomic E-state index is 14.9. The molecular formula is C39H29O5P. The van der Waals surface area contributed by atoms with Gasteiger partial charge in [0.1, 0.15) is 16.9 Å². The number of hydrogen-bond acceptors (Lipinski definition) is 5. The minimum Gasteiger partial charge on any atom is -0.415 e. The minimum atomic E-state index is -3.86. The summed E-state index contributed by atoms with van der Waals surface area (Å²) in [6, 6.07) is 38.4. The van der Waals surface area contributed by atoms with Crippen LogP contribution in [0, 0.1) is 5.41 Å². The fourth-order valence-electron chi connectivity index (χ4n) is 7.08. The molecule has 0 aromatic heterocycles. The zero-order valence-corrected chi connectivity index (χ0v) is 25.6. The first-order valence-electron chi connectivity index (χ1n) is 15.2. The van der Waals surface area contributed by atoms with Crippen molar-refractivity contribution in [3.63, 3.8) is 0 Å². The number of rotatable bonds is 5. The number of carbonyl (C=O) groups excluding carboxylic acids is 2. The van der Waals surface area contributed by atoms with Crippen molar-refractivity contribution in [2.75, 3.05) is 0 Å². The van der Waals surface area contributed by atoms with Crippen LogP contribution in [0.2, 0.25) is 0 Å². The topological polar surface area (TPSA) is 69.7 Å². The Balaban J connectivity index is 1.24. The maximum absolute atomic E-state index is 14.9. The van der Waals surface area contributed by atoms with E-state index in [4.69, 9.17) is 9.05 Å². The van der Waals surface area contributed by atoms with Crippen LogP contribution in [0.1, 0.15) is 45.2 Å². The number of benzene rings is 6. The lowest BCUT2D eigenvalue weighted by Crippen LogP contribution is -2.35. The lowest BCUT2D eigenvalue weighted by molar-refractivity contribution is 0.0689. The van der Waals surface area contributed by atoms with Gasteiger partial charge in [-0.1, -0.05) is 116 Å². The molecule has 1 aliphatic carbocycles. The van der Waals surface area contributed by atoms with E-state index in [-0.39, 0.29) is 24.1 Å². The van der Waals surface area contributed by atoms with Crippen LogP contribution in [0.4, 0.5) is 0 Å². The van der Waals surface area contributed by atoms with Crippen molar-refractivity contribution in [1.29, 1.82) is 0 Å². The molecule has 8 rings (SSSR count). The number of Topliss-reactive ketones (excluding diaryl/α,β-unsaturated/α-hetero) is 2. The van der Waals surface area contributed by atoms with E-state index in [0.717, 1.165) is 43.8 Å². The summed E-state index contributed by atoms with van der Waals surface area (Å²) in [6.45, 7) is 1.88. The summed E-state index contributed by atoms with van der Waals surface area (Å²) in [4.78, 5) is 27.5. The van der Waals surface area contributed by atoms with E-state index < -0.39 is 13.0 Å². The molecule has 220 valence electrons. The number of carbonyl (C=O) groups is 2. The Hall–Kier alpha value is -4.99. The average Bonchev–Trinajstić information content (AvgIpc) is 3.18. The number of fused-ring (bicyclic) bond motifs is 8. The first-order valence-corrected chi connectivity index (χ1v) is 16.9. The Kier molecular flexibility index (Phi) is 6.30. The lowest BCUT2D eigenvalue weighted by Gasteiger charge is -2.26. The maximum Gasteiger partial charge on any atom is 0.435 e. The second-order valence-electron chi connectivity index (χ2n) is 11.9. The highest BCUT2D eigenvalue weighted by atomic mass is 31.2.